The Hall–Kier alpha value is -0.120. The van der Waals surface area contributed by atoms with Gasteiger partial charge in [0.1, 0.15) is 0 Å². The van der Waals surface area contributed by atoms with Crippen LogP contribution in [0.5, 0.6) is 0 Å². The van der Waals surface area contributed by atoms with Crippen molar-refractivity contribution in [2.45, 2.75) is 38.5 Å². The molecular formula is C14H31N3. The number of hydrogen-bond acceptors (Lipinski definition) is 3. The van der Waals surface area contributed by atoms with Crippen molar-refractivity contribution in [1.29, 1.82) is 0 Å². The van der Waals surface area contributed by atoms with Crippen LogP contribution in [0.4, 0.5) is 0 Å². The van der Waals surface area contributed by atoms with Gasteiger partial charge in [-0.05, 0) is 58.9 Å². The molecule has 1 heterocycles. The highest BCUT2D eigenvalue weighted by molar-refractivity contribution is 4.75. The van der Waals surface area contributed by atoms with Crippen LogP contribution in [0.1, 0.15) is 38.5 Å². The lowest BCUT2D eigenvalue weighted by molar-refractivity contribution is 0.268. The van der Waals surface area contributed by atoms with Gasteiger partial charge in [0.05, 0.1) is 0 Å². The van der Waals surface area contributed by atoms with Gasteiger partial charge in [0, 0.05) is 13.1 Å². The normalized spacial score (nSPS) is 21.5. The fraction of sp³-hybridized carbons (Fsp3) is 1.00. The molecule has 3 heteroatoms. The summed E-state index contributed by atoms with van der Waals surface area (Å²) in [5.74, 6) is 0.905. The maximum absolute atomic E-state index is 5.48. The third-order valence-electron chi connectivity index (χ3n) is 3.80. The van der Waals surface area contributed by atoms with E-state index < -0.39 is 0 Å². The molecule has 0 aliphatic carbocycles. The Kier molecular flexibility index (Phi) is 7.82. The molecule has 1 unspecified atom stereocenters. The molecule has 1 atom stereocenters. The minimum atomic E-state index is 0.856. The van der Waals surface area contributed by atoms with Crippen LogP contribution in [0, 0.1) is 5.92 Å². The Morgan fingerprint density at radius 1 is 1.18 bits per heavy atom. The molecule has 1 rings (SSSR count). The molecule has 0 saturated carbocycles. The van der Waals surface area contributed by atoms with Crippen molar-refractivity contribution >= 4 is 0 Å². The predicted octanol–water partition coefficient (Wildman–Crippen LogP) is 1.78. The first-order chi connectivity index (χ1) is 8.22. The van der Waals surface area contributed by atoms with Gasteiger partial charge in [-0.15, -0.1) is 0 Å². The Balaban J connectivity index is 1.92. The van der Waals surface area contributed by atoms with Crippen molar-refractivity contribution in [1.82, 2.24) is 9.80 Å². The first-order valence-corrected chi connectivity index (χ1v) is 7.29. The van der Waals surface area contributed by atoms with Crippen LogP contribution in [0.2, 0.25) is 0 Å². The second-order valence-electron chi connectivity index (χ2n) is 5.74. The molecule has 0 spiro atoms. The van der Waals surface area contributed by atoms with Gasteiger partial charge in [0.2, 0.25) is 0 Å². The highest BCUT2D eigenvalue weighted by atomic mass is 15.1. The molecule has 0 aromatic heterocycles. The van der Waals surface area contributed by atoms with Crippen LogP contribution < -0.4 is 5.73 Å². The highest BCUT2D eigenvalue weighted by Gasteiger charge is 2.20. The van der Waals surface area contributed by atoms with E-state index in [0.717, 1.165) is 12.5 Å². The average molecular weight is 241 g/mol. The summed E-state index contributed by atoms with van der Waals surface area (Å²) in [6, 6.07) is 0. The molecule has 3 nitrogen and oxygen atoms in total. The first-order valence-electron chi connectivity index (χ1n) is 7.29. The van der Waals surface area contributed by atoms with Crippen molar-refractivity contribution in [2.24, 2.45) is 11.7 Å². The third kappa shape index (κ3) is 7.02. The number of nitrogens with zero attached hydrogens (tertiary/aromatic N) is 2. The zero-order valence-corrected chi connectivity index (χ0v) is 11.8. The maximum Gasteiger partial charge on any atom is 0.00193 e. The zero-order chi connectivity index (χ0) is 12.5. The van der Waals surface area contributed by atoms with Gasteiger partial charge < -0.3 is 15.5 Å². The van der Waals surface area contributed by atoms with E-state index in [9.17, 15) is 0 Å². The fourth-order valence-electron chi connectivity index (χ4n) is 2.76. The van der Waals surface area contributed by atoms with Crippen molar-refractivity contribution in [2.75, 3.05) is 46.8 Å². The molecule has 102 valence electrons. The SMILES string of the molecule is CN(CCCCCCCN)CC1CCN(C)C1. The van der Waals surface area contributed by atoms with E-state index >= 15 is 0 Å². The Morgan fingerprint density at radius 3 is 2.53 bits per heavy atom. The highest BCUT2D eigenvalue weighted by Crippen LogP contribution is 2.15. The quantitative estimate of drug-likeness (QED) is 0.625. The number of rotatable bonds is 9. The Morgan fingerprint density at radius 2 is 1.88 bits per heavy atom. The largest absolute Gasteiger partial charge is 0.330 e. The van der Waals surface area contributed by atoms with Crippen LogP contribution >= 0.6 is 0 Å². The smallest absolute Gasteiger partial charge is 0.00193 e. The second-order valence-corrected chi connectivity index (χ2v) is 5.74. The van der Waals surface area contributed by atoms with Gasteiger partial charge in [-0.1, -0.05) is 19.3 Å². The lowest BCUT2D eigenvalue weighted by atomic mass is 10.1. The Labute approximate surface area is 107 Å². The second kappa shape index (κ2) is 8.90. The summed E-state index contributed by atoms with van der Waals surface area (Å²) < 4.78 is 0. The van der Waals surface area contributed by atoms with Gasteiger partial charge in [-0.25, -0.2) is 0 Å². The summed E-state index contributed by atoms with van der Waals surface area (Å²) >= 11 is 0. The van der Waals surface area contributed by atoms with Crippen LogP contribution in [0.15, 0.2) is 0 Å². The molecule has 0 radical (unpaired) electrons. The predicted molar refractivity (Wildman–Crippen MR) is 75.2 cm³/mol. The molecule has 1 saturated heterocycles. The standard InChI is InChI=1S/C14H31N3/c1-16(10-7-5-3-4-6-9-15)12-14-8-11-17(2)13-14/h14H,3-13,15H2,1-2H3. The van der Waals surface area contributed by atoms with Gasteiger partial charge in [0.25, 0.3) is 0 Å². The van der Waals surface area contributed by atoms with Gasteiger partial charge in [-0.2, -0.15) is 0 Å². The number of unbranched alkanes of at least 4 members (excludes halogenated alkanes) is 4. The summed E-state index contributed by atoms with van der Waals surface area (Å²) in [5.41, 5.74) is 5.48. The molecule has 1 aliphatic rings. The summed E-state index contributed by atoms with van der Waals surface area (Å²) in [6.45, 7) is 5.99. The van der Waals surface area contributed by atoms with Crippen molar-refractivity contribution in [3.63, 3.8) is 0 Å². The summed E-state index contributed by atoms with van der Waals surface area (Å²) in [4.78, 5) is 4.97. The van der Waals surface area contributed by atoms with Crippen molar-refractivity contribution < 1.29 is 0 Å². The van der Waals surface area contributed by atoms with Crippen LogP contribution in [-0.2, 0) is 0 Å². The fourth-order valence-corrected chi connectivity index (χ4v) is 2.76. The molecule has 2 N–H and O–H groups in total. The molecular weight excluding hydrogens is 210 g/mol. The van der Waals surface area contributed by atoms with Crippen LogP contribution in [0.3, 0.4) is 0 Å². The molecule has 1 aliphatic heterocycles. The van der Waals surface area contributed by atoms with Gasteiger partial charge >= 0.3 is 0 Å². The lowest BCUT2D eigenvalue weighted by Crippen LogP contribution is -2.28. The summed E-state index contributed by atoms with van der Waals surface area (Å²) in [6.07, 6.45) is 7.98. The van der Waals surface area contributed by atoms with E-state index in [1.54, 1.807) is 0 Å². The third-order valence-corrected chi connectivity index (χ3v) is 3.80. The van der Waals surface area contributed by atoms with E-state index in [1.807, 2.05) is 0 Å². The molecule has 0 amide bonds. The molecule has 1 fully saturated rings. The number of nitrogens with two attached hydrogens (primary N) is 1. The van der Waals surface area contributed by atoms with Crippen LogP contribution in [0.25, 0.3) is 0 Å². The molecule has 0 bridgehead atoms. The maximum atomic E-state index is 5.48. The topological polar surface area (TPSA) is 32.5 Å². The zero-order valence-electron chi connectivity index (χ0n) is 11.8. The number of hydrogen-bond donors (Lipinski definition) is 1. The monoisotopic (exact) mass is 241 g/mol. The minimum absolute atomic E-state index is 0.856. The number of likely N-dealkylation sites (tertiary alicyclic amines) is 1. The van der Waals surface area contributed by atoms with E-state index in [4.69, 9.17) is 5.73 Å². The molecule has 17 heavy (non-hydrogen) atoms. The molecule has 0 aromatic carbocycles. The Bertz CT molecular complexity index is 184. The lowest BCUT2D eigenvalue weighted by Gasteiger charge is -2.20. The summed E-state index contributed by atoms with van der Waals surface area (Å²) in [7, 11) is 4.51. The van der Waals surface area contributed by atoms with E-state index in [-0.39, 0.29) is 0 Å². The minimum Gasteiger partial charge on any atom is -0.330 e. The van der Waals surface area contributed by atoms with E-state index in [0.29, 0.717) is 0 Å². The average Bonchev–Trinajstić information content (AvgIpc) is 2.69. The van der Waals surface area contributed by atoms with Gasteiger partial charge in [-0.3, -0.25) is 0 Å². The van der Waals surface area contributed by atoms with Crippen molar-refractivity contribution in [3.8, 4) is 0 Å². The van der Waals surface area contributed by atoms with Crippen molar-refractivity contribution in [3.05, 3.63) is 0 Å². The van der Waals surface area contributed by atoms with Gasteiger partial charge in [0.15, 0.2) is 0 Å². The van der Waals surface area contributed by atoms with E-state index in [2.05, 4.69) is 23.9 Å². The summed E-state index contributed by atoms with van der Waals surface area (Å²) in [5, 5.41) is 0. The van der Waals surface area contributed by atoms with Crippen LogP contribution in [-0.4, -0.2) is 56.6 Å². The van der Waals surface area contributed by atoms with E-state index in [1.165, 1.54) is 64.7 Å². The molecule has 0 aromatic rings. The first kappa shape index (κ1) is 14.9.